The molecule has 1 unspecified atom stereocenters. The van der Waals surface area contributed by atoms with E-state index in [2.05, 4.69) is 20.7 Å². The number of nitrogens with zero attached hydrogens (tertiary/aromatic N) is 4. The van der Waals surface area contributed by atoms with Crippen molar-refractivity contribution in [1.82, 2.24) is 19.8 Å². The van der Waals surface area contributed by atoms with E-state index in [9.17, 15) is 0 Å². The monoisotopic (exact) mass is 245 g/mol. The molecule has 0 radical (unpaired) electrons. The van der Waals surface area contributed by atoms with E-state index in [4.69, 9.17) is 5.73 Å². The third-order valence-electron chi connectivity index (χ3n) is 2.51. The highest BCUT2D eigenvalue weighted by atomic mass is 32.1. The molecule has 0 aromatic carbocycles. The van der Waals surface area contributed by atoms with E-state index in [0.717, 1.165) is 16.9 Å². The van der Waals surface area contributed by atoms with Gasteiger partial charge in [-0.15, -0.1) is 10.2 Å². The Kier molecular flexibility index (Phi) is 2.38. The highest BCUT2D eigenvalue weighted by molar-refractivity contribution is 7.08. The Hall–Kier alpha value is -1.79. The second kappa shape index (κ2) is 3.90. The maximum absolute atomic E-state index is 5.83. The Morgan fingerprint density at radius 2 is 2.18 bits per heavy atom. The third-order valence-corrected chi connectivity index (χ3v) is 3.19. The van der Waals surface area contributed by atoms with Crippen LogP contribution in [-0.4, -0.2) is 19.8 Å². The first-order valence-corrected chi connectivity index (χ1v) is 6.20. The molecule has 86 valence electrons. The first kappa shape index (κ1) is 10.4. The van der Waals surface area contributed by atoms with E-state index in [1.54, 1.807) is 15.9 Å². The summed E-state index contributed by atoms with van der Waals surface area (Å²) in [5.41, 5.74) is 8.55. The molecule has 0 saturated carbocycles. The molecule has 0 aliphatic carbocycles. The lowest BCUT2D eigenvalue weighted by Crippen LogP contribution is -2.11. The topological polar surface area (TPSA) is 69.1 Å². The standard InChI is InChI=1S/C11H11N5S/c1-7(12)11-14-13-10-3-2-9(15-16(10)11)8-4-5-17-6-8/h2-7H,12H2,1H3. The van der Waals surface area contributed by atoms with Gasteiger partial charge in [-0.2, -0.15) is 21.0 Å². The zero-order chi connectivity index (χ0) is 11.8. The van der Waals surface area contributed by atoms with Gasteiger partial charge in [0.25, 0.3) is 0 Å². The minimum absolute atomic E-state index is 0.185. The molecule has 0 amide bonds. The first-order chi connectivity index (χ1) is 8.25. The molecule has 0 aliphatic heterocycles. The molecule has 2 N–H and O–H groups in total. The van der Waals surface area contributed by atoms with Crippen LogP contribution in [-0.2, 0) is 0 Å². The van der Waals surface area contributed by atoms with Crippen LogP contribution in [0, 0.1) is 0 Å². The van der Waals surface area contributed by atoms with Crippen LogP contribution in [0.25, 0.3) is 16.9 Å². The summed E-state index contributed by atoms with van der Waals surface area (Å²) in [7, 11) is 0. The predicted molar refractivity (Wildman–Crippen MR) is 66.7 cm³/mol. The highest BCUT2D eigenvalue weighted by Gasteiger charge is 2.11. The molecule has 0 fully saturated rings. The fourth-order valence-corrected chi connectivity index (χ4v) is 2.30. The largest absolute Gasteiger partial charge is 0.321 e. The summed E-state index contributed by atoms with van der Waals surface area (Å²) in [6, 6.07) is 5.69. The highest BCUT2D eigenvalue weighted by Crippen LogP contribution is 2.20. The van der Waals surface area contributed by atoms with Gasteiger partial charge in [0.2, 0.25) is 0 Å². The average Bonchev–Trinajstić information content (AvgIpc) is 2.97. The van der Waals surface area contributed by atoms with Crippen LogP contribution in [0.15, 0.2) is 29.0 Å². The van der Waals surface area contributed by atoms with Crippen LogP contribution in [0.5, 0.6) is 0 Å². The molecule has 3 aromatic heterocycles. The Morgan fingerprint density at radius 1 is 1.29 bits per heavy atom. The summed E-state index contributed by atoms with van der Waals surface area (Å²) >= 11 is 1.65. The fraction of sp³-hybridized carbons (Fsp3) is 0.182. The Balaban J connectivity index is 2.20. The SMILES string of the molecule is CC(N)c1nnc2ccc(-c3ccsc3)nn12. The summed E-state index contributed by atoms with van der Waals surface area (Å²) < 4.78 is 1.71. The van der Waals surface area contributed by atoms with Crippen molar-refractivity contribution in [2.24, 2.45) is 5.73 Å². The number of nitrogens with two attached hydrogens (primary N) is 1. The molecule has 17 heavy (non-hydrogen) atoms. The van der Waals surface area contributed by atoms with Gasteiger partial charge in [-0.05, 0) is 30.5 Å². The van der Waals surface area contributed by atoms with Crippen LogP contribution >= 0.6 is 11.3 Å². The van der Waals surface area contributed by atoms with Gasteiger partial charge in [0.15, 0.2) is 11.5 Å². The predicted octanol–water partition coefficient (Wildman–Crippen LogP) is 1.87. The lowest BCUT2D eigenvalue weighted by Gasteiger charge is -2.03. The van der Waals surface area contributed by atoms with Crippen LogP contribution in [0.3, 0.4) is 0 Å². The molecule has 0 spiro atoms. The average molecular weight is 245 g/mol. The summed E-state index contributed by atoms with van der Waals surface area (Å²) in [5.74, 6) is 0.678. The van der Waals surface area contributed by atoms with E-state index in [-0.39, 0.29) is 6.04 Å². The Bertz CT molecular complexity index is 641. The van der Waals surface area contributed by atoms with Gasteiger partial charge in [-0.1, -0.05) is 0 Å². The number of rotatable bonds is 2. The summed E-state index contributed by atoms with van der Waals surface area (Å²) in [5, 5.41) is 16.7. The van der Waals surface area contributed by atoms with Gasteiger partial charge >= 0.3 is 0 Å². The molecule has 1 atom stereocenters. The molecule has 5 nitrogen and oxygen atoms in total. The van der Waals surface area contributed by atoms with Crippen molar-refractivity contribution in [2.45, 2.75) is 13.0 Å². The fourth-order valence-electron chi connectivity index (χ4n) is 1.65. The number of hydrogen-bond acceptors (Lipinski definition) is 5. The van der Waals surface area contributed by atoms with Gasteiger partial charge in [0, 0.05) is 10.9 Å². The van der Waals surface area contributed by atoms with Crippen molar-refractivity contribution in [3.05, 3.63) is 34.8 Å². The van der Waals surface area contributed by atoms with Crippen molar-refractivity contribution in [2.75, 3.05) is 0 Å². The van der Waals surface area contributed by atoms with E-state index in [1.807, 2.05) is 30.5 Å². The summed E-state index contributed by atoms with van der Waals surface area (Å²) in [6.07, 6.45) is 0. The van der Waals surface area contributed by atoms with Gasteiger partial charge in [0.05, 0.1) is 11.7 Å². The lowest BCUT2D eigenvalue weighted by molar-refractivity contribution is 0.696. The third kappa shape index (κ3) is 1.71. The smallest absolute Gasteiger partial charge is 0.178 e. The van der Waals surface area contributed by atoms with Gasteiger partial charge in [-0.3, -0.25) is 0 Å². The molecule has 0 saturated heterocycles. The Labute approximate surface area is 102 Å². The van der Waals surface area contributed by atoms with Crippen molar-refractivity contribution in [3.63, 3.8) is 0 Å². The zero-order valence-corrected chi connectivity index (χ0v) is 10.1. The zero-order valence-electron chi connectivity index (χ0n) is 9.24. The second-order valence-corrected chi connectivity index (χ2v) is 4.63. The summed E-state index contributed by atoms with van der Waals surface area (Å²) in [4.78, 5) is 0. The van der Waals surface area contributed by atoms with Crippen LogP contribution in [0.1, 0.15) is 18.8 Å². The van der Waals surface area contributed by atoms with Crippen molar-refractivity contribution in [3.8, 4) is 11.3 Å². The van der Waals surface area contributed by atoms with Gasteiger partial charge < -0.3 is 5.73 Å². The van der Waals surface area contributed by atoms with Gasteiger partial charge in [-0.25, -0.2) is 0 Å². The number of fused-ring (bicyclic) bond motifs is 1. The molecule has 0 aliphatic rings. The van der Waals surface area contributed by atoms with E-state index in [0.29, 0.717) is 5.82 Å². The quantitative estimate of drug-likeness (QED) is 0.748. The molecule has 3 aromatic rings. The minimum atomic E-state index is -0.185. The number of hydrogen-bond donors (Lipinski definition) is 1. The maximum Gasteiger partial charge on any atom is 0.178 e. The van der Waals surface area contributed by atoms with Crippen LogP contribution in [0.4, 0.5) is 0 Å². The molecular weight excluding hydrogens is 234 g/mol. The first-order valence-electron chi connectivity index (χ1n) is 5.26. The van der Waals surface area contributed by atoms with E-state index in [1.165, 1.54) is 0 Å². The van der Waals surface area contributed by atoms with Crippen molar-refractivity contribution < 1.29 is 0 Å². The molecular formula is C11H11N5S. The van der Waals surface area contributed by atoms with Crippen molar-refractivity contribution >= 4 is 17.0 Å². The van der Waals surface area contributed by atoms with E-state index >= 15 is 0 Å². The molecule has 0 bridgehead atoms. The second-order valence-electron chi connectivity index (χ2n) is 3.85. The number of thiophene rings is 1. The van der Waals surface area contributed by atoms with E-state index < -0.39 is 0 Å². The molecule has 6 heteroatoms. The number of aromatic nitrogens is 4. The lowest BCUT2D eigenvalue weighted by atomic mass is 10.2. The van der Waals surface area contributed by atoms with Crippen molar-refractivity contribution in [1.29, 1.82) is 0 Å². The van der Waals surface area contributed by atoms with Crippen LogP contribution < -0.4 is 5.73 Å². The normalized spacial score (nSPS) is 13.1. The summed E-state index contributed by atoms with van der Waals surface area (Å²) in [6.45, 7) is 1.87. The van der Waals surface area contributed by atoms with Gasteiger partial charge in [0.1, 0.15) is 0 Å². The maximum atomic E-state index is 5.83. The molecule has 3 heterocycles. The minimum Gasteiger partial charge on any atom is -0.321 e. The van der Waals surface area contributed by atoms with Crippen LogP contribution in [0.2, 0.25) is 0 Å². The Morgan fingerprint density at radius 3 is 2.88 bits per heavy atom. The molecule has 3 rings (SSSR count).